The maximum Gasteiger partial charge on any atom is 0.490 e. The van der Waals surface area contributed by atoms with Crippen LogP contribution in [0.15, 0.2) is 12.7 Å². The first-order chi connectivity index (χ1) is 15.0. The van der Waals surface area contributed by atoms with Gasteiger partial charge in [-0.3, -0.25) is 9.09 Å². The summed E-state index contributed by atoms with van der Waals surface area (Å²) in [5, 5.41) is 10.7. The molecule has 1 aliphatic heterocycles. The van der Waals surface area contributed by atoms with Crippen molar-refractivity contribution in [3.63, 3.8) is 0 Å². The molecule has 22 heteroatoms. The molecule has 2 aliphatic rings. The van der Waals surface area contributed by atoms with Crippen molar-refractivity contribution < 1.29 is 60.6 Å². The number of aromatic nitrogens is 4. The minimum absolute atomic E-state index is 0.0184. The fourth-order valence-corrected chi connectivity index (χ4v) is 6.63. The SMILES string of the molecule is Nc1ncnc2c1ncn2[C@@H]1O[C@@]2(COP(=O)(O)OP(=O)(O)OP(=O)(O)O)C(N)[C@]2(O)[C@H]1F. The zero-order valence-electron chi connectivity index (χ0n) is 15.9. The van der Waals surface area contributed by atoms with Gasteiger partial charge in [-0.05, 0) is 0 Å². The molecule has 3 heterocycles. The van der Waals surface area contributed by atoms with Gasteiger partial charge in [-0.1, -0.05) is 0 Å². The van der Waals surface area contributed by atoms with Crippen molar-refractivity contribution >= 4 is 40.4 Å². The highest BCUT2D eigenvalue weighted by Crippen LogP contribution is 2.68. The van der Waals surface area contributed by atoms with Crippen molar-refractivity contribution in [3.05, 3.63) is 12.7 Å². The van der Waals surface area contributed by atoms with E-state index >= 15 is 4.39 Å². The first-order valence-corrected chi connectivity index (χ1v) is 13.1. The van der Waals surface area contributed by atoms with Crippen LogP contribution in [0.5, 0.6) is 0 Å². The Morgan fingerprint density at radius 3 is 2.45 bits per heavy atom. The molecular formula is C11H16FN6O12P3. The summed E-state index contributed by atoms with van der Waals surface area (Å²) < 4.78 is 67.5. The van der Waals surface area contributed by atoms with Crippen LogP contribution in [-0.4, -0.2) is 74.2 Å². The molecule has 3 unspecified atom stereocenters. The summed E-state index contributed by atoms with van der Waals surface area (Å²) in [6, 6.07) is -1.47. The fourth-order valence-electron chi connectivity index (χ4n) is 3.59. The predicted molar refractivity (Wildman–Crippen MR) is 100 cm³/mol. The number of ether oxygens (including phenoxy) is 1. The maximum absolute atomic E-state index is 15.2. The van der Waals surface area contributed by atoms with Crippen LogP contribution in [-0.2, 0) is 31.6 Å². The van der Waals surface area contributed by atoms with Gasteiger partial charge in [0.2, 0.25) is 0 Å². The minimum atomic E-state index is -5.78. The van der Waals surface area contributed by atoms with Gasteiger partial charge in [-0.2, -0.15) is 8.62 Å². The molecule has 18 nitrogen and oxygen atoms in total. The number of nitrogens with two attached hydrogens (primary N) is 2. The largest absolute Gasteiger partial charge is 0.490 e. The van der Waals surface area contributed by atoms with E-state index in [9.17, 15) is 28.6 Å². The number of hydrogen-bond acceptors (Lipinski definition) is 13. The number of imidazole rings is 1. The Morgan fingerprint density at radius 2 is 1.82 bits per heavy atom. The van der Waals surface area contributed by atoms with E-state index in [0.29, 0.717) is 0 Å². The predicted octanol–water partition coefficient (Wildman–Crippen LogP) is -1.57. The Balaban J connectivity index is 1.54. The van der Waals surface area contributed by atoms with E-state index < -0.39 is 59.7 Å². The molecule has 1 saturated carbocycles. The number of rotatable bonds is 8. The van der Waals surface area contributed by atoms with Crippen molar-refractivity contribution in [2.24, 2.45) is 5.73 Å². The van der Waals surface area contributed by atoms with Gasteiger partial charge in [0.25, 0.3) is 0 Å². The summed E-state index contributed by atoms with van der Waals surface area (Å²) >= 11 is 0. The molecule has 0 aromatic carbocycles. The van der Waals surface area contributed by atoms with Crippen molar-refractivity contribution in [2.45, 2.75) is 29.6 Å². The monoisotopic (exact) mass is 536 g/mol. The zero-order valence-corrected chi connectivity index (χ0v) is 18.5. The zero-order chi connectivity index (χ0) is 24.6. The van der Waals surface area contributed by atoms with E-state index in [1.807, 2.05) is 0 Å². The van der Waals surface area contributed by atoms with Gasteiger partial charge in [0.1, 0.15) is 17.4 Å². The highest BCUT2D eigenvalue weighted by Gasteiger charge is 2.87. The molecule has 33 heavy (non-hydrogen) atoms. The van der Waals surface area contributed by atoms with Gasteiger partial charge in [0.05, 0.1) is 19.0 Å². The molecule has 9 N–H and O–H groups in total. The van der Waals surface area contributed by atoms with E-state index in [-0.39, 0.29) is 17.0 Å². The number of hydrogen-bond donors (Lipinski definition) is 7. The molecular weight excluding hydrogens is 520 g/mol. The number of phosphoric acid groups is 3. The molecule has 0 bridgehead atoms. The van der Waals surface area contributed by atoms with Crippen molar-refractivity contribution in [1.29, 1.82) is 0 Å². The first kappa shape index (κ1) is 24.7. The number of nitrogen functional groups attached to an aromatic ring is 1. The Labute approximate surface area is 181 Å². The second kappa shape index (κ2) is 7.53. The molecule has 2 aromatic rings. The minimum Gasteiger partial charge on any atom is -0.382 e. The summed E-state index contributed by atoms with van der Waals surface area (Å²) in [5.41, 5.74) is 6.97. The van der Waals surface area contributed by atoms with Gasteiger partial charge in [-0.25, -0.2) is 33.0 Å². The van der Waals surface area contributed by atoms with Crippen LogP contribution in [0.1, 0.15) is 6.23 Å². The standard InChI is InChI=1S/C11H16FN6O12P3/c12-5-8(18-3-17-4-6(13)15-2-16-7(4)18)28-10(9(14)11(5,10)19)1-27-32(23,24)30-33(25,26)29-31(20,21)22/h2-3,5,8-9,19H,1,14H2,(H,23,24)(H,25,26)(H2,13,15,16)(H2,20,21,22)/t5-,8+,9?,10-,11+/m0/s1. The molecule has 2 fully saturated rings. The number of alkyl halides is 1. The number of halogens is 1. The number of aliphatic hydroxyl groups is 1. The van der Waals surface area contributed by atoms with Gasteiger partial charge in [0.15, 0.2) is 29.5 Å². The summed E-state index contributed by atoms with van der Waals surface area (Å²) in [7, 11) is -17.0. The van der Waals surface area contributed by atoms with Crippen LogP contribution < -0.4 is 11.5 Å². The topological polar surface area (TPSA) is 285 Å². The van der Waals surface area contributed by atoms with Crippen LogP contribution in [0.2, 0.25) is 0 Å². The highest BCUT2D eigenvalue weighted by molar-refractivity contribution is 7.66. The van der Waals surface area contributed by atoms with Crippen LogP contribution >= 0.6 is 23.5 Å². The van der Waals surface area contributed by atoms with Gasteiger partial charge >= 0.3 is 23.5 Å². The fraction of sp³-hybridized carbons (Fsp3) is 0.545. The van der Waals surface area contributed by atoms with E-state index in [2.05, 4.69) is 28.1 Å². The van der Waals surface area contributed by atoms with Crippen molar-refractivity contribution in [1.82, 2.24) is 19.5 Å². The average molecular weight is 536 g/mol. The van der Waals surface area contributed by atoms with Gasteiger partial charge in [-0.15, -0.1) is 0 Å². The van der Waals surface area contributed by atoms with Crippen LogP contribution in [0, 0.1) is 0 Å². The number of fused-ring (bicyclic) bond motifs is 2. The molecule has 7 atom stereocenters. The van der Waals surface area contributed by atoms with E-state index in [1.54, 1.807) is 0 Å². The van der Waals surface area contributed by atoms with Crippen LogP contribution in [0.3, 0.4) is 0 Å². The van der Waals surface area contributed by atoms with Gasteiger partial charge in [0, 0.05) is 0 Å². The normalized spacial score (nSPS) is 35.2. The third-order valence-corrected chi connectivity index (χ3v) is 8.87. The second-order valence-electron chi connectivity index (χ2n) is 7.05. The third-order valence-electron chi connectivity index (χ3n) is 5.09. The number of phosphoric ester groups is 1. The smallest absolute Gasteiger partial charge is 0.382 e. The summed E-state index contributed by atoms with van der Waals surface area (Å²) in [4.78, 5) is 47.5. The second-order valence-corrected chi connectivity index (χ2v) is 11.5. The lowest BCUT2D eigenvalue weighted by Crippen LogP contribution is -2.36. The van der Waals surface area contributed by atoms with Crippen LogP contribution in [0.25, 0.3) is 11.2 Å². The van der Waals surface area contributed by atoms with E-state index in [1.165, 1.54) is 0 Å². The maximum atomic E-state index is 15.2. The van der Waals surface area contributed by atoms with Crippen molar-refractivity contribution in [2.75, 3.05) is 12.3 Å². The highest BCUT2D eigenvalue weighted by atomic mass is 31.3. The Morgan fingerprint density at radius 1 is 1.15 bits per heavy atom. The number of nitrogens with zero attached hydrogens (tertiary/aromatic N) is 4. The molecule has 0 spiro atoms. The lowest BCUT2D eigenvalue weighted by molar-refractivity contribution is -0.0783. The molecule has 0 amide bonds. The third kappa shape index (κ3) is 4.04. The molecule has 1 saturated heterocycles. The summed E-state index contributed by atoms with van der Waals surface area (Å²) in [6.07, 6.45) is -1.66. The lowest BCUT2D eigenvalue weighted by Gasteiger charge is -2.23. The van der Waals surface area contributed by atoms with Gasteiger partial charge < -0.3 is 40.9 Å². The molecule has 1 aliphatic carbocycles. The summed E-state index contributed by atoms with van der Waals surface area (Å²) in [6.45, 7) is -1.14. The Kier molecular flexibility index (Phi) is 5.64. The molecule has 0 radical (unpaired) electrons. The summed E-state index contributed by atoms with van der Waals surface area (Å²) in [5.74, 6) is -0.0184. The van der Waals surface area contributed by atoms with Crippen molar-refractivity contribution in [3.8, 4) is 0 Å². The molecule has 2 aromatic heterocycles. The molecule has 184 valence electrons. The van der Waals surface area contributed by atoms with E-state index in [4.69, 9.17) is 26.0 Å². The molecule has 4 rings (SSSR count). The van der Waals surface area contributed by atoms with Crippen LogP contribution in [0.4, 0.5) is 10.2 Å². The Bertz CT molecular complexity index is 1260. The Hall–Kier alpha value is -1.43. The number of anilines is 1. The average Bonchev–Trinajstić information content (AvgIpc) is 2.97. The quantitative estimate of drug-likeness (QED) is 0.188. The lowest BCUT2D eigenvalue weighted by atomic mass is 10.1. The first-order valence-electron chi connectivity index (χ1n) is 8.54. The van der Waals surface area contributed by atoms with E-state index in [0.717, 1.165) is 17.2 Å².